The fourth-order valence-electron chi connectivity index (χ4n) is 4.87. The van der Waals surface area contributed by atoms with Crippen LogP contribution >= 0.6 is 0 Å². The predicted molar refractivity (Wildman–Crippen MR) is 129 cm³/mol. The van der Waals surface area contributed by atoms with Crippen molar-refractivity contribution < 1.29 is 4.74 Å². The highest BCUT2D eigenvalue weighted by Crippen LogP contribution is 2.43. The Labute approximate surface area is 184 Å². The monoisotopic (exact) mass is 410 g/mol. The van der Waals surface area contributed by atoms with Gasteiger partial charge in [-0.1, -0.05) is 56.9 Å². The van der Waals surface area contributed by atoms with Crippen molar-refractivity contribution in [2.45, 2.75) is 77.6 Å². The molecular formula is C27H42N2O. The van der Waals surface area contributed by atoms with Gasteiger partial charge in [0.1, 0.15) is 5.75 Å². The summed E-state index contributed by atoms with van der Waals surface area (Å²) in [5.74, 6) is 3.89. The third kappa shape index (κ3) is 7.93. The maximum Gasteiger partial charge on any atom is 0.119 e. The summed E-state index contributed by atoms with van der Waals surface area (Å²) in [5, 5.41) is 0. The summed E-state index contributed by atoms with van der Waals surface area (Å²) in [5.41, 5.74) is 13.6. The zero-order valence-electron chi connectivity index (χ0n) is 19.1. The second-order valence-electron chi connectivity index (χ2n) is 8.65. The van der Waals surface area contributed by atoms with E-state index in [4.69, 9.17) is 16.2 Å². The molecule has 0 atom stereocenters. The molecule has 2 fully saturated rings. The van der Waals surface area contributed by atoms with E-state index in [1.165, 1.54) is 63.4 Å². The zero-order chi connectivity index (χ0) is 21.8. The van der Waals surface area contributed by atoms with Crippen LogP contribution < -0.4 is 16.2 Å². The number of rotatable bonds is 6. The first-order valence-electron chi connectivity index (χ1n) is 11.8. The minimum absolute atomic E-state index is 0.589. The molecule has 2 saturated carbocycles. The van der Waals surface area contributed by atoms with Crippen LogP contribution in [0, 0.1) is 11.8 Å². The molecule has 3 rings (SSSR count). The first-order valence-corrected chi connectivity index (χ1v) is 11.8. The molecule has 3 heteroatoms. The van der Waals surface area contributed by atoms with Crippen molar-refractivity contribution in [3.8, 4) is 5.75 Å². The molecule has 0 unspecified atom stereocenters. The number of nitrogens with two attached hydrogens (primary N) is 2. The second kappa shape index (κ2) is 13.2. The van der Waals surface area contributed by atoms with Gasteiger partial charge in [0.2, 0.25) is 0 Å². The van der Waals surface area contributed by atoms with Crippen molar-refractivity contribution in [3.63, 3.8) is 0 Å². The molecule has 2 aliphatic rings. The third-order valence-corrected chi connectivity index (χ3v) is 6.65. The fraction of sp³-hybridized carbons (Fsp3) is 0.556. The standard InChI is InChI=1S/C20H30O.C7H12N2/c1-2-21-20-14-12-19(13-15-20)18-10-8-17(9-11-18)16-6-4-3-5-7-16;1-3-6(8)5-7(9)4-2/h12-18H,2-11H2,1H3;3-5H,1,8-9H2,2H3/b;6-5+,7-4+. The Kier molecular flexibility index (Phi) is 10.6. The molecule has 0 aromatic heterocycles. The minimum Gasteiger partial charge on any atom is -0.494 e. The Balaban J connectivity index is 0.000000303. The molecule has 3 nitrogen and oxygen atoms in total. The summed E-state index contributed by atoms with van der Waals surface area (Å²) >= 11 is 0. The van der Waals surface area contributed by atoms with E-state index in [2.05, 4.69) is 30.8 Å². The van der Waals surface area contributed by atoms with E-state index in [-0.39, 0.29) is 0 Å². The van der Waals surface area contributed by atoms with Crippen LogP contribution in [0.3, 0.4) is 0 Å². The lowest BCUT2D eigenvalue weighted by atomic mass is 9.70. The van der Waals surface area contributed by atoms with Crippen LogP contribution in [0.1, 0.15) is 83.1 Å². The first kappa shape index (κ1) is 24.1. The summed E-state index contributed by atoms with van der Waals surface area (Å²) < 4.78 is 5.54. The molecular weight excluding hydrogens is 368 g/mol. The molecule has 166 valence electrons. The van der Waals surface area contributed by atoms with Gasteiger partial charge in [0.25, 0.3) is 0 Å². The maximum atomic E-state index is 5.54. The van der Waals surface area contributed by atoms with Crippen LogP contribution in [0.15, 0.2) is 60.5 Å². The van der Waals surface area contributed by atoms with Gasteiger partial charge in [-0.05, 0) is 87.1 Å². The molecule has 0 spiro atoms. The van der Waals surface area contributed by atoms with E-state index < -0.39 is 0 Å². The quantitative estimate of drug-likeness (QED) is 0.506. The number of hydrogen-bond donors (Lipinski definition) is 2. The highest BCUT2D eigenvalue weighted by atomic mass is 16.5. The van der Waals surface area contributed by atoms with Crippen molar-refractivity contribution in [3.05, 3.63) is 66.0 Å². The van der Waals surface area contributed by atoms with Gasteiger partial charge in [-0.2, -0.15) is 0 Å². The molecule has 4 N–H and O–H groups in total. The minimum atomic E-state index is 0.589. The molecule has 0 bridgehead atoms. The topological polar surface area (TPSA) is 61.3 Å². The average molecular weight is 411 g/mol. The number of hydrogen-bond acceptors (Lipinski definition) is 3. The fourth-order valence-corrected chi connectivity index (χ4v) is 4.87. The second-order valence-corrected chi connectivity index (χ2v) is 8.65. The SMILES string of the molecule is C=C/C(N)=C\C(N)=C/C.CCOc1ccc(C2CCC(C3CCCCC3)CC2)cc1. The van der Waals surface area contributed by atoms with Crippen LogP contribution in [-0.2, 0) is 0 Å². The van der Waals surface area contributed by atoms with E-state index in [1.807, 2.05) is 13.8 Å². The van der Waals surface area contributed by atoms with Crippen molar-refractivity contribution in [2.24, 2.45) is 23.3 Å². The Morgan fingerprint density at radius 1 is 0.933 bits per heavy atom. The lowest BCUT2D eigenvalue weighted by Gasteiger charge is -2.36. The summed E-state index contributed by atoms with van der Waals surface area (Å²) in [6.45, 7) is 8.12. The molecule has 0 saturated heterocycles. The van der Waals surface area contributed by atoms with E-state index in [0.29, 0.717) is 11.4 Å². The Bertz CT molecular complexity index is 675. The van der Waals surface area contributed by atoms with Gasteiger partial charge in [0, 0.05) is 11.4 Å². The highest BCUT2D eigenvalue weighted by Gasteiger charge is 2.28. The molecule has 30 heavy (non-hydrogen) atoms. The van der Waals surface area contributed by atoms with E-state index >= 15 is 0 Å². The molecule has 1 aromatic rings. The van der Waals surface area contributed by atoms with Crippen molar-refractivity contribution in [1.82, 2.24) is 0 Å². The number of ether oxygens (including phenoxy) is 1. The predicted octanol–water partition coefficient (Wildman–Crippen LogP) is 6.82. The van der Waals surface area contributed by atoms with Gasteiger partial charge in [-0.15, -0.1) is 0 Å². The summed E-state index contributed by atoms with van der Waals surface area (Å²) in [6.07, 6.45) is 18.2. The lowest BCUT2D eigenvalue weighted by Crippen LogP contribution is -2.23. The molecule has 0 heterocycles. The first-order chi connectivity index (χ1) is 14.6. The lowest BCUT2D eigenvalue weighted by molar-refractivity contribution is 0.186. The maximum absolute atomic E-state index is 5.54. The smallest absolute Gasteiger partial charge is 0.119 e. The van der Waals surface area contributed by atoms with Crippen molar-refractivity contribution in [2.75, 3.05) is 6.61 Å². The summed E-state index contributed by atoms with van der Waals surface area (Å²) in [4.78, 5) is 0. The van der Waals surface area contributed by atoms with E-state index in [9.17, 15) is 0 Å². The largest absolute Gasteiger partial charge is 0.494 e. The molecule has 0 aliphatic heterocycles. The van der Waals surface area contributed by atoms with Crippen LogP contribution in [0.4, 0.5) is 0 Å². The van der Waals surface area contributed by atoms with Crippen molar-refractivity contribution >= 4 is 0 Å². The van der Waals surface area contributed by atoms with E-state index in [1.54, 1.807) is 18.2 Å². The van der Waals surface area contributed by atoms with Crippen LogP contribution in [0.2, 0.25) is 0 Å². The summed E-state index contributed by atoms with van der Waals surface area (Å²) in [7, 11) is 0. The summed E-state index contributed by atoms with van der Waals surface area (Å²) in [6, 6.07) is 8.87. The molecule has 0 amide bonds. The molecule has 2 aliphatic carbocycles. The van der Waals surface area contributed by atoms with Crippen LogP contribution in [0.5, 0.6) is 5.75 Å². The number of benzene rings is 1. The molecule has 1 aromatic carbocycles. The van der Waals surface area contributed by atoms with Crippen LogP contribution in [0.25, 0.3) is 0 Å². The average Bonchev–Trinajstić information content (AvgIpc) is 2.81. The van der Waals surface area contributed by atoms with Gasteiger partial charge in [-0.3, -0.25) is 0 Å². The van der Waals surface area contributed by atoms with Gasteiger partial charge >= 0.3 is 0 Å². The Morgan fingerprint density at radius 3 is 2.07 bits per heavy atom. The van der Waals surface area contributed by atoms with E-state index in [0.717, 1.165) is 30.1 Å². The van der Waals surface area contributed by atoms with Gasteiger partial charge < -0.3 is 16.2 Å². The number of allylic oxidation sites excluding steroid dienone is 3. The third-order valence-electron chi connectivity index (χ3n) is 6.65. The van der Waals surface area contributed by atoms with Gasteiger partial charge in [-0.25, -0.2) is 0 Å². The van der Waals surface area contributed by atoms with Crippen molar-refractivity contribution in [1.29, 1.82) is 0 Å². The Hall–Kier alpha value is -2.16. The Morgan fingerprint density at radius 2 is 1.53 bits per heavy atom. The zero-order valence-corrected chi connectivity index (χ0v) is 19.1. The highest BCUT2D eigenvalue weighted by molar-refractivity contribution is 5.29. The van der Waals surface area contributed by atoms with Gasteiger partial charge in [0.15, 0.2) is 0 Å². The van der Waals surface area contributed by atoms with Crippen LogP contribution in [-0.4, -0.2) is 6.61 Å². The van der Waals surface area contributed by atoms with Gasteiger partial charge in [0.05, 0.1) is 6.61 Å². The normalized spacial score (nSPS) is 23.3. The molecule has 0 radical (unpaired) electrons.